The number of nitrogens with one attached hydrogen (secondary N) is 1. The maximum absolute atomic E-state index is 12.3. The molecule has 0 aromatic heterocycles. The van der Waals surface area contributed by atoms with Gasteiger partial charge in [-0.05, 0) is 64.3 Å². The summed E-state index contributed by atoms with van der Waals surface area (Å²) in [6.45, 7) is 12.8. The number of carbonyl (C=O) groups excluding carboxylic acids is 1. The molecule has 0 bridgehead atoms. The number of fused-ring (bicyclic) bond motifs is 1. The third-order valence-electron chi connectivity index (χ3n) is 4.27. The number of hydrogen-bond donors (Lipinski definition) is 1. The van der Waals surface area contributed by atoms with E-state index in [-0.39, 0.29) is 18.0 Å². The molecule has 0 unspecified atom stereocenters. The lowest BCUT2D eigenvalue weighted by Crippen LogP contribution is -2.48. The molecular weight excluding hydrogens is 304 g/mol. The first-order chi connectivity index (χ1) is 11.5. The van der Waals surface area contributed by atoms with Gasteiger partial charge in [-0.3, -0.25) is 9.69 Å². The summed E-state index contributed by atoms with van der Waals surface area (Å²) in [5.74, 6) is 1.70. The highest BCUT2D eigenvalue weighted by atomic mass is 16.5. The lowest BCUT2D eigenvalue weighted by Gasteiger charge is -2.33. The monoisotopic (exact) mass is 334 g/mol. The van der Waals surface area contributed by atoms with E-state index < -0.39 is 0 Å². The zero-order valence-corrected chi connectivity index (χ0v) is 15.5. The lowest BCUT2D eigenvalue weighted by atomic mass is 9.97. The molecule has 2 rings (SSSR count). The van der Waals surface area contributed by atoms with Crippen LogP contribution in [0.3, 0.4) is 0 Å². The van der Waals surface area contributed by atoms with Crippen molar-refractivity contribution in [3.63, 3.8) is 0 Å². The second-order valence-corrected chi connectivity index (χ2v) is 6.49. The van der Waals surface area contributed by atoms with Crippen LogP contribution in [0.4, 0.5) is 0 Å². The number of hydrogen-bond acceptors (Lipinski definition) is 4. The molecule has 134 valence electrons. The first kappa shape index (κ1) is 18.6. The van der Waals surface area contributed by atoms with Crippen molar-refractivity contribution in [2.24, 2.45) is 0 Å². The fourth-order valence-electron chi connectivity index (χ4n) is 3.02. The summed E-state index contributed by atoms with van der Waals surface area (Å²) in [6, 6.07) is 4.20. The van der Waals surface area contributed by atoms with E-state index in [2.05, 4.69) is 22.3 Å². The first-order valence-corrected chi connectivity index (χ1v) is 8.92. The van der Waals surface area contributed by atoms with E-state index in [1.807, 2.05) is 34.6 Å². The van der Waals surface area contributed by atoms with Crippen molar-refractivity contribution in [1.29, 1.82) is 0 Å². The predicted octanol–water partition coefficient (Wildman–Crippen LogP) is 2.76. The molecule has 0 fully saturated rings. The maximum Gasteiger partial charge on any atom is 0.237 e. The van der Waals surface area contributed by atoms with Crippen LogP contribution in [0.5, 0.6) is 11.5 Å². The number of carbonyl (C=O) groups is 1. The molecular formula is C19H30N2O3. The molecule has 1 aliphatic heterocycles. The van der Waals surface area contributed by atoms with Gasteiger partial charge < -0.3 is 14.8 Å². The van der Waals surface area contributed by atoms with Crippen LogP contribution in [0.1, 0.15) is 45.7 Å². The number of ether oxygens (including phenoxy) is 2. The first-order valence-electron chi connectivity index (χ1n) is 8.92. The number of amides is 1. The van der Waals surface area contributed by atoms with Gasteiger partial charge in [0, 0.05) is 19.1 Å². The summed E-state index contributed by atoms with van der Waals surface area (Å²) in [7, 11) is 0. The van der Waals surface area contributed by atoms with E-state index in [1.54, 1.807) is 0 Å². The minimum Gasteiger partial charge on any atom is -0.490 e. The normalized spacial score (nSPS) is 15.8. The van der Waals surface area contributed by atoms with Gasteiger partial charge in [-0.25, -0.2) is 0 Å². The summed E-state index contributed by atoms with van der Waals surface area (Å²) in [5.41, 5.74) is 2.51. The van der Waals surface area contributed by atoms with Crippen LogP contribution >= 0.6 is 0 Å². The van der Waals surface area contributed by atoms with Gasteiger partial charge in [0.05, 0.1) is 19.3 Å². The highest BCUT2D eigenvalue weighted by Crippen LogP contribution is 2.34. The van der Waals surface area contributed by atoms with Gasteiger partial charge in [-0.2, -0.15) is 0 Å². The van der Waals surface area contributed by atoms with Crippen LogP contribution in [-0.2, 0) is 17.8 Å². The summed E-state index contributed by atoms with van der Waals surface area (Å²) in [6.07, 6.45) is 0.918. The van der Waals surface area contributed by atoms with E-state index in [9.17, 15) is 4.79 Å². The Labute approximate surface area is 145 Å². The van der Waals surface area contributed by atoms with Gasteiger partial charge in [0.15, 0.2) is 11.5 Å². The lowest BCUT2D eigenvalue weighted by molar-refractivity contribution is -0.126. The Balaban J connectivity index is 2.17. The van der Waals surface area contributed by atoms with Crippen molar-refractivity contribution in [2.75, 3.05) is 19.8 Å². The fourth-order valence-corrected chi connectivity index (χ4v) is 3.02. The van der Waals surface area contributed by atoms with E-state index in [0.717, 1.165) is 31.0 Å². The zero-order valence-electron chi connectivity index (χ0n) is 15.5. The molecule has 0 aliphatic carbocycles. The molecule has 24 heavy (non-hydrogen) atoms. The Bertz CT molecular complexity index is 572. The zero-order chi connectivity index (χ0) is 17.7. The van der Waals surface area contributed by atoms with E-state index in [0.29, 0.717) is 13.2 Å². The third-order valence-corrected chi connectivity index (χ3v) is 4.27. The van der Waals surface area contributed by atoms with Gasteiger partial charge >= 0.3 is 0 Å². The van der Waals surface area contributed by atoms with Crippen molar-refractivity contribution in [1.82, 2.24) is 10.2 Å². The molecule has 0 radical (unpaired) electrons. The van der Waals surface area contributed by atoms with Crippen molar-refractivity contribution in [2.45, 2.75) is 59.7 Å². The van der Waals surface area contributed by atoms with E-state index >= 15 is 0 Å². The topological polar surface area (TPSA) is 50.8 Å². The Morgan fingerprint density at radius 2 is 1.71 bits per heavy atom. The number of rotatable bonds is 7. The standard InChI is InChI=1S/C19H30N2O3/c1-6-23-17-10-15-8-9-21(14(5)19(22)20-13(3)4)12-16(15)11-18(17)24-7-2/h10-11,13-14H,6-9,12H2,1-5H3,(H,20,22)/t14-/m0/s1. The quantitative estimate of drug-likeness (QED) is 0.833. The Morgan fingerprint density at radius 3 is 2.25 bits per heavy atom. The third kappa shape index (κ3) is 4.41. The summed E-state index contributed by atoms with van der Waals surface area (Å²) >= 11 is 0. The van der Waals surface area contributed by atoms with Crippen LogP contribution < -0.4 is 14.8 Å². The molecule has 5 heteroatoms. The minimum absolute atomic E-state index is 0.0874. The molecule has 1 N–H and O–H groups in total. The van der Waals surface area contributed by atoms with Gasteiger partial charge in [0.25, 0.3) is 0 Å². The molecule has 1 aliphatic rings. The fraction of sp³-hybridized carbons (Fsp3) is 0.632. The molecule has 1 atom stereocenters. The largest absolute Gasteiger partial charge is 0.490 e. The van der Waals surface area contributed by atoms with Gasteiger partial charge in [-0.15, -0.1) is 0 Å². The predicted molar refractivity (Wildman–Crippen MR) is 95.6 cm³/mol. The smallest absolute Gasteiger partial charge is 0.237 e. The maximum atomic E-state index is 12.3. The molecule has 1 aromatic carbocycles. The Kier molecular flexibility index (Phi) is 6.49. The molecule has 0 saturated heterocycles. The Morgan fingerprint density at radius 1 is 1.12 bits per heavy atom. The average Bonchev–Trinajstić information content (AvgIpc) is 2.54. The van der Waals surface area contributed by atoms with Crippen molar-refractivity contribution >= 4 is 5.91 Å². The van der Waals surface area contributed by atoms with Gasteiger partial charge in [0.2, 0.25) is 5.91 Å². The Hall–Kier alpha value is -1.75. The molecule has 0 spiro atoms. The molecule has 1 heterocycles. The van der Waals surface area contributed by atoms with Crippen LogP contribution in [0, 0.1) is 0 Å². The molecule has 0 saturated carbocycles. The summed E-state index contributed by atoms with van der Waals surface area (Å²) in [4.78, 5) is 14.5. The highest BCUT2D eigenvalue weighted by molar-refractivity contribution is 5.81. The molecule has 5 nitrogen and oxygen atoms in total. The summed E-state index contributed by atoms with van der Waals surface area (Å²) < 4.78 is 11.4. The van der Waals surface area contributed by atoms with E-state index in [1.165, 1.54) is 11.1 Å². The molecule has 1 amide bonds. The van der Waals surface area contributed by atoms with Crippen LogP contribution in [0.25, 0.3) is 0 Å². The number of nitrogens with zero attached hydrogens (tertiary/aromatic N) is 1. The second kappa shape index (κ2) is 8.38. The van der Waals surface area contributed by atoms with Crippen LogP contribution in [0.2, 0.25) is 0 Å². The van der Waals surface area contributed by atoms with Crippen LogP contribution in [0.15, 0.2) is 12.1 Å². The average molecular weight is 334 g/mol. The van der Waals surface area contributed by atoms with Crippen molar-refractivity contribution in [3.05, 3.63) is 23.3 Å². The summed E-state index contributed by atoms with van der Waals surface area (Å²) in [5, 5.41) is 3.00. The van der Waals surface area contributed by atoms with Crippen molar-refractivity contribution in [3.8, 4) is 11.5 Å². The SMILES string of the molecule is CCOc1cc2c(cc1OCC)CN([C@@H](C)C(=O)NC(C)C)CC2. The highest BCUT2D eigenvalue weighted by Gasteiger charge is 2.26. The minimum atomic E-state index is -0.136. The second-order valence-electron chi connectivity index (χ2n) is 6.49. The van der Waals surface area contributed by atoms with Gasteiger partial charge in [0.1, 0.15) is 0 Å². The van der Waals surface area contributed by atoms with E-state index in [4.69, 9.17) is 9.47 Å². The molecule has 1 aromatic rings. The van der Waals surface area contributed by atoms with Gasteiger partial charge in [-0.1, -0.05) is 0 Å². The van der Waals surface area contributed by atoms with Crippen LogP contribution in [-0.4, -0.2) is 42.6 Å². The van der Waals surface area contributed by atoms with Crippen molar-refractivity contribution < 1.29 is 14.3 Å². The number of benzene rings is 1.